The number of rotatable bonds is 7. The topological polar surface area (TPSA) is 98.3 Å². The first-order valence-corrected chi connectivity index (χ1v) is 15.1. The van der Waals surface area contributed by atoms with Crippen molar-refractivity contribution in [1.29, 1.82) is 0 Å². The lowest BCUT2D eigenvalue weighted by Gasteiger charge is -2.59. The fourth-order valence-electron chi connectivity index (χ4n) is 6.51. The van der Waals surface area contributed by atoms with Crippen molar-refractivity contribution in [3.63, 3.8) is 0 Å². The third-order valence-corrected chi connectivity index (χ3v) is 10.4. The molecule has 2 saturated heterocycles. The molecule has 0 aromatic heterocycles. The highest BCUT2D eigenvalue weighted by molar-refractivity contribution is 8.22. The maximum atomic E-state index is 13.6. The molecule has 2 aliphatic heterocycles. The number of thioether (sulfide) groups is 2. The molecule has 4 aliphatic rings. The minimum atomic E-state index is -4.64. The van der Waals surface area contributed by atoms with E-state index in [0.29, 0.717) is 46.3 Å². The van der Waals surface area contributed by atoms with Gasteiger partial charge in [0.25, 0.3) is 17.7 Å². The minimum Gasteiger partial charge on any atom is -0.300 e. The maximum absolute atomic E-state index is 13.6. The summed E-state index contributed by atoms with van der Waals surface area (Å²) in [6.45, 7) is 4.14. The predicted molar refractivity (Wildman–Crippen MR) is 140 cm³/mol. The van der Waals surface area contributed by atoms with Crippen LogP contribution in [0.15, 0.2) is 9.81 Å². The molecule has 0 bridgehead atoms. The number of likely N-dealkylation sites (N-methyl/N-ethyl adjacent to an activating group) is 2. The van der Waals surface area contributed by atoms with Crippen molar-refractivity contribution in [2.45, 2.75) is 77.1 Å². The van der Waals surface area contributed by atoms with Crippen LogP contribution in [0.5, 0.6) is 0 Å². The third-order valence-electron chi connectivity index (χ3n) is 8.19. The molecular formula is C25H33F3N4O5S2. The second kappa shape index (κ2) is 10.6. The minimum absolute atomic E-state index is 0.0129. The molecule has 0 radical (unpaired) electrons. The van der Waals surface area contributed by atoms with E-state index in [0.717, 1.165) is 9.80 Å². The Bertz CT molecular complexity index is 1100. The number of urea groups is 2. The molecule has 4 rings (SSSR count). The predicted octanol–water partition coefficient (Wildman–Crippen LogP) is 4.43. The summed E-state index contributed by atoms with van der Waals surface area (Å²) in [4.78, 5) is 69.1. The molecule has 216 valence electrons. The van der Waals surface area contributed by atoms with E-state index in [9.17, 15) is 37.1 Å². The Balaban J connectivity index is 1.53. The van der Waals surface area contributed by atoms with Crippen LogP contribution in [0.25, 0.3) is 0 Å². The van der Waals surface area contributed by atoms with E-state index < -0.39 is 59.5 Å². The van der Waals surface area contributed by atoms with Crippen LogP contribution >= 0.6 is 23.5 Å². The maximum Gasteiger partial charge on any atom is 0.406 e. The van der Waals surface area contributed by atoms with E-state index in [1.54, 1.807) is 6.92 Å². The molecule has 39 heavy (non-hydrogen) atoms. The Labute approximate surface area is 233 Å². The molecule has 4 fully saturated rings. The van der Waals surface area contributed by atoms with Crippen molar-refractivity contribution in [2.24, 2.45) is 5.41 Å². The molecule has 0 aromatic rings. The summed E-state index contributed by atoms with van der Waals surface area (Å²) < 4.78 is 40.3. The van der Waals surface area contributed by atoms with Crippen LogP contribution < -0.4 is 0 Å². The van der Waals surface area contributed by atoms with E-state index in [2.05, 4.69) is 0 Å². The lowest BCUT2D eigenvalue weighted by atomic mass is 9.51. The van der Waals surface area contributed by atoms with Gasteiger partial charge in [0.1, 0.15) is 17.7 Å². The fourth-order valence-corrected chi connectivity index (χ4v) is 8.71. The SMILES string of the molecule is CCSC(SCC)=C1C(=O)N(CC)C(=O)N(C2CCC3(CC2)CC2(C3)C(=O)N(C)C(=O)N2CC(F)(F)F)C1=O. The molecule has 2 saturated carbocycles. The number of hydrogen-bond acceptors (Lipinski definition) is 7. The molecule has 0 aromatic carbocycles. The first kappa shape index (κ1) is 29.8. The Morgan fingerprint density at radius 1 is 0.923 bits per heavy atom. The van der Waals surface area contributed by atoms with E-state index in [-0.39, 0.29) is 25.0 Å². The number of carbonyl (C=O) groups is 5. The summed E-state index contributed by atoms with van der Waals surface area (Å²) in [6.07, 6.45) is -2.62. The summed E-state index contributed by atoms with van der Waals surface area (Å²) in [5.74, 6) is -0.504. The van der Waals surface area contributed by atoms with Crippen molar-refractivity contribution in [2.75, 3.05) is 31.6 Å². The number of imide groups is 3. The summed E-state index contributed by atoms with van der Waals surface area (Å²) in [5, 5.41) is 0. The highest BCUT2D eigenvalue weighted by atomic mass is 32.2. The monoisotopic (exact) mass is 590 g/mol. The zero-order chi connectivity index (χ0) is 28.9. The summed E-state index contributed by atoms with van der Waals surface area (Å²) in [6, 6.07) is -2.07. The standard InChI is InChI=1S/C25H33F3N4O5S2/c1-5-30-17(33)16(19(38-6-2)39-7-3)18(34)32(22(30)37)15-8-10-23(11-9-15)12-24(13-23)20(35)29(4)21(36)31(24)14-25(26,27)28/h15H,5-14H2,1-4H3. The van der Waals surface area contributed by atoms with Gasteiger partial charge in [0.15, 0.2) is 0 Å². The number of barbiturate groups is 1. The van der Waals surface area contributed by atoms with Gasteiger partial charge in [0.2, 0.25) is 0 Å². The van der Waals surface area contributed by atoms with Crippen molar-refractivity contribution in [1.82, 2.24) is 19.6 Å². The van der Waals surface area contributed by atoms with Crippen LogP contribution in [-0.4, -0.2) is 98.8 Å². The molecule has 2 spiro atoms. The highest BCUT2D eigenvalue weighted by Crippen LogP contribution is 2.61. The van der Waals surface area contributed by atoms with Crippen LogP contribution in [-0.2, 0) is 14.4 Å². The Kier molecular flexibility index (Phi) is 8.12. The van der Waals surface area contributed by atoms with Crippen molar-refractivity contribution in [3.05, 3.63) is 9.81 Å². The Hall–Kier alpha value is -2.22. The molecular weight excluding hydrogens is 557 g/mol. The van der Waals surface area contributed by atoms with E-state index in [1.165, 1.54) is 35.5 Å². The summed E-state index contributed by atoms with van der Waals surface area (Å²) >= 11 is 2.79. The van der Waals surface area contributed by atoms with Gasteiger partial charge in [-0.1, -0.05) is 13.8 Å². The van der Waals surface area contributed by atoms with Gasteiger partial charge >= 0.3 is 18.2 Å². The van der Waals surface area contributed by atoms with Crippen molar-refractivity contribution >= 4 is 53.3 Å². The second-order valence-electron chi connectivity index (χ2n) is 10.5. The van der Waals surface area contributed by atoms with Gasteiger partial charge in [-0.3, -0.25) is 29.1 Å². The zero-order valence-corrected chi connectivity index (χ0v) is 24.1. The third kappa shape index (κ3) is 4.95. The molecule has 0 atom stereocenters. The quantitative estimate of drug-likeness (QED) is 0.246. The average Bonchev–Trinajstić information content (AvgIpc) is 3.01. The van der Waals surface area contributed by atoms with E-state index in [1.807, 2.05) is 13.8 Å². The lowest BCUT2D eigenvalue weighted by Crippen LogP contribution is -2.66. The number of hydrogen-bond donors (Lipinski definition) is 0. The van der Waals surface area contributed by atoms with Crippen molar-refractivity contribution < 1.29 is 37.1 Å². The van der Waals surface area contributed by atoms with E-state index in [4.69, 9.17) is 0 Å². The van der Waals surface area contributed by atoms with E-state index >= 15 is 0 Å². The molecule has 0 unspecified atom stereocenters. The number of nitrogens with zero attached hydrogens (tertiary/aromatic N) is 4. The number of halogens is 3. The normalized spacial score (nSPS) is 29.9. The van der Waals surface area contributed by atoms with Gasteiger partial charge in [-0.2, -0.15) is 13.2 Å². The van der Waals surface area contributed by atoms with Crippen LogP contribution in [0.2, 0.25) is 0 Å². The van der Waals surface area contributed by atoms with Crippen molar-refractivity contribution in [3.8, 4) is 0 Å². The van der Waals surface area contributed by atoms with Gasteiger partial charge in [-0.15, -0.1) is 23.5 Å². The molecule has 0 N–H and O–H groups in total. The zero-order valence-electron chi connectivity index (χ0n) is 22.4. The first-order chi connectivity index (χ1) is 18.3. The lowest BCUT2D eigenvalue weighted by molar-refractivity contribution is -0.173. The van der Waals surface area contributed by atoms with Crippen LogP contribution in [0, 0.1) is 5.41 Å². The van der Waals surface area contributed by atoms with Gasteiger partial charge < -0.3 is 4.90 Å². The Morgan fingerprint density at radius 2 is 1.49 bits per heavy atom. The first-order valence-electron chi connectivity index (χ1n) is 13.1. The molecule has 9 nitrogen and oxygen atoms in total. The van der Waals surface area contributed by atoms with Gasteiger partial charge in [0.05, 0.1) is 4.24 Å². The second-order valence-corrected chi connectivity index (χ2v) is 13.3. The Morgan fingerprint density at radius 3 is 1.97 bits per heavy atom. The number of amides is 7. The van der Waals surface area contributed by atoms with Gasteiger partial charge in [-0.25, -0.2) is 9.59 Å². The molecule has 7 amide bonds. The largest absolute Gasteiger partial charge is 0.406 e. The van der Waals surface area contributed by atoms with Gasteiger partial charge in [0, 0.05) is 19.6 Å². The van der Waals surface area contributed by atoms with Crippen LogP contribution in [0.1, 0.15) is 59.3 Å². The fraction of sp³-hybridized carbons (Fsp3) is 0.720. The number of carbonyl (C=O) groups excluding carboxylic acids is 5. The molecule has 2 heterocycles. The molecule has 2 aliphatic carbocycles. The number of alkyl halides is 3. The van der Waals surface area contributed by atoms with Crippen LogP contribution in [0.3, 0.4) is 0 Å². The summed E-state index contributed by atoms with van der Waals surface area (Å²) in [7, 11) is 1.20. The van der Waals surface area contributed by atoms with Gasteiger partial charge in [-0.05, 0) is 62.4 Å². The summed E-state index contributed by atoms with van der Waals surface area (Å²) in [5.41, 5.74) is -1.95. The van der Waals surface area contributed by atoms with Crippen LogP contribution in [0.4, 0.5) is 22.8 Å². The molecule has 14 heteroatoms. The smallest absolute Gasteiger partial charge is 0.300 e. The highest BCUT2D eigenvalue weighted by Gasteiger charge is 2.69. The average molecular weight is 591 g/mol.